The van der Waals surface area contributed by atoms with Gasteiger partial charge in [-0.15, -0.1) is 0 Å². The second-order valence-corrected chi connectivity index (χ2v) is 4.63. The number of hydrogen-bond donors (Lipinski definition) is 1. The first-order valence-corrected chi connectivity index (χ1v) is 6.79. The van der Waals surface area contributed by atoms with Crippen LogP contribution in [0.4, 0.5) is 4.39 Å². The number of benzene rings is 1. The van der Waals surface area contributed by atoms with Crippen LogP contribution in [0.3, 0.4) is 0 Å². The lowest BCUT2D eigenvalue weighted by atomic mass is 10.1. The second kappa shape index (κ2) is 6.69. The van der Waals surface area contributed by atoms with E-state index in [4.69, 9.17) is 16.3 Å². The summed E-state index contributed by atoms with van der Waals surface area (Å²) in [6.45, 7) is 2.55. The summed E-state index contributed by atoms with van der Waals surface area (Å²) in [6.07, 6.45) is 0. The van der Waals surface area contributed by atoms with Gasteiger partial charge in [-0.1, -0.05) is 29.8 Å². The summed E-state index contributed by atoms with van der Waals surface area (Å²) < 4.78 is 19.9. The monoisotopic (exact) mass is 312 g/mol. The van der Waals surface area contributed by atoms with E-state index in [1.165, 1.54) is 18.2 Å². The van der Waals surface area contributed by atoms with Gasteiger partial charge in [0.1, 0.15) is 11.0 Å². The maximum absolute atomic E-state index is 13.9. The van der Waals surface area contributed by atoms with Gasteiger partial charge in [0.2, 0.25) is 0 Å². The Morgan fingerprint density at radius 1 is 1.33 bits per heavy atom. The highest BCUT2D eigenvalue weighted by molar-refractivity contribution is 6.32. The molecule has 2 rings (SSSR count). The fourth-order valence-electron chi connectivity index (χ4n) is 1.95. The number of hydrogen-bond acceptors (Lipinski definition) is 3. The van der Waals surface area contributed by atoms with Crippen LogP contribution >= 0.6 is 11.6 Å². The van der Waals surface area contributed by atoms with Gasteiger partial charge in [-0.25, -0.2) is 9.18 Å². The van der Waals surface area contributed by atoms with E-state index in [9.17, 15) is 14.0 Å². The molecule has 0 bridgehead atoms. The first-order chi connectivity index (χ1) is 10.1. The highest BCUT2D eigenvalue weighted by atomic mass is 35.5. The first kappa shape index (κ1) is 15.5. The molecule has 0 fully saturated rings. The predicted octanol–water partition coefficient (Wildman–Crippen LogP) is 2.03. The van der Waals surface area contributed by atoms with Crippen LogP contribution in [0.25, 0.3) is 11.1 Å². The summed E-state index contributed by atoms with van der Waals surface area (Å²) in [5, 5.41) is -0.178. The molecular formula is C14H14ClFN2O3. The molecule has 0 saturated carbocycles. The first-order valence-electron chi connectivity index (χ1n) is 6.41. The van der Waals surface area contributed by atoms with Crippen molar-refractivity contribution < 1.29 is 9.13 Å². The van der Waals surface area contributed by atoms with Crippen LogP contribution in [0.5, 0.6) is 0 Å². The molecular weight excluding hydrogens is 299 g/mol. The Morgan fingerprint density at radius 2 is 2.05 bits per heavy atom. The molecule has 2 aromatic rings. The van der Waals surface area contributed by atoms with Crippen molar-refractivity contribution >= 4 is 11.6 Å². The number of H-pyrrole nitrogens is 1. The minimum atomic E-state index is -0.648. The number of aromatic nitrogens is 2. The van der Waals surface area contributed by atoms with Gasteiger partial charge in [-0.2, -0.15) is 0 Å². The van der Waals surface area contributed by atoms with E-state index in [2.05, 4.69) is 4.98 Å². The number of aromatic amines is 1. The molecule has 0 amide bonds. The molecule has 0 aliphatic rings. The van der Waals surface area contributed by atoms with Gasteiger partial charge in [0.05, 0.1) is 18.7 Å². The summed E-state index contributed by atoms with van der Waals surface area (Å²) in [5.41, 5.74) is -1.31. The molecule has 0 atom stereocenters. The number of nitrogens with zero attached hydrogens (tertiary/aromatic N) is 1. The molecule has 5 nitrogen and oxygen atoms in total. The van der Waals surface area contributed by atoms with Crippen molar-refractivity contribution in [3.8, 4) is 11.1 Å². The lowest BCUT2D eigenvalue weighted by Gasteiger charge is -2.09. The van der Waals surface area contributed by atoms with Gasteiger partial charge in [0.25, 0.3) is 5.56 Å². The highest BCUT2D eigenvalue weighted by Gasteiger charge is 2.17. The van der Waals surface area contributed by atoms with Crippen LogP contribution in [0.15, 0.2) is 33.9 Å². The summed E-state index contributed by atoms with van der Waals surface area (Å²) in [5.74, 6) is -0.583. The van der Waals surface area contributed by atoms with Gasteiger partial charge >= 0.3 is 5.69 Å². The Kier molecular flexibility index (Phi) is 4.93. The molecule has 0 aliphatic carbocycles. The SMILES string of the molecule is CCOCCn1c(=O)[nH]c(Cl)c(-c2ccccc2F)c1=O. The van der Waals surface area contributed by atoms with Crippen molar-refractivity contribution in [2.45, 2.75) is 13.5 Å². The van der Waals surface area contributed by atoms with E-state index < -0.39 is 17.1 Å². The molecule has 1 aromatic carbocycles. The van der Waals surface area contributed by atoms with E-state index in [-0.39, 0.29) is 29.4 Å². The van der Waals surface area contributed by atoms with Crippen LogP contribution in [0.1, 0.15) is 6.92 Å². The Hall–Kier alpha value is -1.92. The molecule has 0 aliphatic heterocycles. The number of nitrogens with one attached hydrogen (secondary N) is 1. The number of halogens is 2. The van der Waals surface area contributed by atoms with Crippen LogP contribution in [0.2, 0.25) is 5.15 Å². The third-order valence-electron chi connectivity index (χ3n) is 2.95. The van der Waals surface area contributed by atoms with E-state index in [1.807, 2.05) is 0 Å². The average molecular weight is 313 g/mol. The molecule has 7 heteroatoms. The molecule has 0 unspecified atom stereocenters. The Labute approximate surface area is 125 Å². The Morgan fingerprint density at radius 3 is 2.71 bits per heavy atom. The van der Waals surface area contributed by atoms with Gasteiger partial charge in [0.15, 0.2) is 0 Å². The fourth-order valence-corrected chi connectivity index (χ4v) is 2.21. The maximum Gasteiger partial charge on any atom is 0.329 e. The lowest BCUT2D eigenvalue weighted by Crippen LogP contribution is -2.37. The van der Waals surface area contributed by atoms with Crippen molar-refractivity contribution in [3.05, 3.63) is 56.1 Å². The van der Waals surface area contributed by atoms with Crippen molar-refractivity contribution in [1.29, 1.82) is 0 Å². The zero-order chi connectivity index (χ0) is 15.4. The van der Waals surface area contributed by atoms with E-state index in [0.717, 1.165) is 4.57 Å². The minimum absolute atomic E-state index is 0.0499. The van der Waals surface area contributed by atoms with Gasteiger partial charge in [-0.3, -0.25) is 14.3 Å². The zero-order valence-electron chi connectivity index (χ0n) is 11.4. The summed E-state index contributed by atoms with van der Waals surface area (Å²) in [6, 6.07) is 5.75. The topological polar surface area (TPSA) is 64.1 Å². The maximum atomic E-state index is 13.9. The van der Waals surface area contributed by atoms with Gasteiger partial charge < -0.3 is 4.74 Å². The van der Waals surface area contributed by atoms with E-state index in [0.29, 0.717) is 6.61 Å². The summed E-state index contributed by atoms with van der Waals surface area (Å²) in [4.78, 5) is 26.5. The van der Waals surface area contributed by atoms with Crippen molar-refractivity contribution in [3.63, 3.8) is 0 Å². The third-order valence-corrected chi connectivity index (χ3v) is 3.23. The van der Waals surface area contributed by atoms with Crippen LogP contribution < -0.4 is 11.2 Å². The zero-order valence-corrected chi connectivity index (χ0v) is 12.1. The van der Waals surface area contributed by atoms with Gasteiger partial charge in [0, 0.05) is 12.2 Å². The smallest absolute Gasteiger partial charge is 0.329 e. The number of ether oxygens (including phenoxy) is 1. The summed E-state index contributed by atoms with van der Waals surface area (Å²) in [7, 11) is 0. The standard InChI is InChI=1S/C14H14ClFN2O3/c1-2-21-8-7-18-13(19)11(12(15)17-14(18)20)9-5-3-4-6-10(9)16/h3-6H,2,7-8H2,1H3,(H,17,20). The normalized spacial score (nSPS) is 10.8. The average Bonchev–Trinajstić information content (AvgIpc) is 2.44. The predicted molar refractivity (Wildman–Crippen MR) is 78.2 cm³/mol. The van der Waals surface area contributed by atoms with Crippen LogP contribution in [0, 0.1) is 5.82 Å². The highest BCUT2D eigenvalue weighted by Crippen LogP contribution is 2.23. The molecule has 0 saturated heterocycles. The molecule has 0 spiro atoms. The lowest BCUT2D eigenvalue weighted by molar-refractivity contribution is 0.137. The minimum Gasteiger partial charge on any atom is -0.380 e. The van der Waals surface area contributed by atoms with Crippen LogP contribution in [-0.2, 0) is 11.3 Å². The van der Waals surface area contributed by atoms with Crippen molar-refractivity contribution in [2.75, 3.05) is 13.2 Å². The Bertz CT molecular complexity index is 755. The molecule has 0 radical (unpaired) electrons. The number of rotatable bonds is 5. The fraction of sp³-hybridized carbons (Fsp3) is 0.286. The molecule has 21 heavy (non-hydrogen) atoms. The van der Waals surface area contributed by atoms with Crippen LogP contribution in [-0.4, -0.2) is 22.8 Å². The molecule has 1 aromatic heterocycles. The largest absolute Gasteiger partial charge is 0.380 e. The quantitative estimate of drug-likeness (QED) is 0.678. The van der Waals surface area contributed by atoms with Crippen molar-refractivity contribution in [1.82, 2.24) is 9.55 Å². The summed E-state index contributed by atoms with van der Waals surface area (Å²) >= 11 is 5.91. The Balaban J connectivity index is 2.57. The third kappa shape index (κ3) is 3.22. The second-order valence-electron chi connectivity index (χ2n) is 4.25. The van der Waals surface area contributed by atoms with Gasteiger partial charge in [-0.05, 0) is 13.0 Å². The molecule has 1 N–H and O–H groups in total. The van der Waals surface area contributed by atoms with E-state index >= 15 is 0 Å². The van der Waals surface area contributed by atoms with Crippen molar-refractivity contribution in [2.24, 2.45) is 0 Å². The van der Waals surface area contributed by atoms with E-state index in [1.54, 1.807) is 13.0 Å². The molecule has 1 heterocycles. The molecule has 112 valence electrons.